The maximum atomic E-state index is 13.5. The van der Waals surface area contributed by atoms with Crippen LogP contribution in [-0.2, 0) is 19.9 Å². The highest BCUT2D eigenvalue weighted by Crippen LogP contribution is 2.27. The summed E-state index contributed by atoms with van der Waals surface area (Å²) < 4.78 is 51.0. The Morgan fingerprint density at radius 2 is 1.58 bits per heavy atom. The summed E-state index contributed by atoms with van der Waals surface area (Å²) in [5, 5.41) is 1.14. The molecular formula is C24H30N2O5S2. The maximum absolute atomic E-state index is 13.5. The summed E-state index contributed by atoms with van der Waals surface area (Å²) in [5.41, 5.74) is 1.96. The third kappa shape index (κ3) is 5.37. The molecule has 7 nitrogen and oxygen atoms in total. The topological polar surface area (TPSA) is 91.8 Å². The van der Waals surface area contributed by atoms with Gasteiger partial charge in [-0.3, -0.25) is 4.79 Å². The molecule has 2 aromatic carbocycles. The molecule has 0 saturated heterocycles. The van der Waals surface area contributed by atoms with Crippen molar-refractivity contribution in [1.29, 1.82) is 0 Å². The fraction of sp³-hybridized carbons (Fsp3) is 0.375. The van der Waals surface area contributed by atoms with E-state index >= 15 is 0 Å². The van der Waals surface area contributed by atoms with E-state index in [1.807, 2.05) is 24.3 Å². The highest BCUT2D eigenvalue weighted by atomic mass is 32.2. The lowest BCUT2D eigenvalue weighted by molar-refractivity contribution is 0.0983. The van der Waals surface area contributed by atoms with Gasteiger partial charge >= 0.3 is 0 Å². The first-order valence-corrected chi connectivity index (χ1v) is 14.1. The number of carbonyl (C=O) groups is 1. The Bertz CT molecular complexity index is 1230. The van der Waals surface area contributed by atoms with E-state index < -0.39 is 31.8 Å². The number of hydrogen-bond acceptors (Lipinski definition) is 5. The van der Waals surface area contributed by atoms with Gasteiger partial charge in [0, 0.05) is 29.7 Å². The van der Waals surface area contributed by atoms with Crippen LogP contribution in [0, 0.1) is 0 Å². The average Bonchev–Trinajstić information content (AvgIpc) is 3.14. The second-order valence-electron chi connectivity index (χ2n) is 8.26. The number of sulfonamides is 1. The Hall–Kier alpha value is -2.49. The third-order valence-electron chi connectivity index (χ3n) is 5.74. The fourth-order valence-corrected chi connectivity index (χ4v) is 6.55. The monoisotopic (exact) mass is 490 g/mol. The predicted molar refractivity (Wildman–Crippen MR) is 131 cm³/mol. The predicted octanol–water partition coefficient (Wildman–Crippen LogP) is 3.80. The molecule has 0 spiro atoms. The van der Waals surface area contributed by atoms with Crippen molar-refractivity contribution in [2.24, 2.45) is 0 Å². The third-order valence-corrected chi connectivity index (χ3v) is 9.19. The van der Waals surface area contributed by atoms with Crippen LogP contribution in [0.1, 0.15) is 49.5 Å². The number of rotatable bonds is 8. The van der Waals surface area contributed by atoms with Gasteiger partial charge in [0.2, 0.25) is 10.0 Å². The van der Waals surface area contributed by atoms with E-state index in [1.54, 1.807) is 13.8 Å². The molecule has 3 rings (SSSR count). The molecule has 33 heavy (non-hydrogen) atoms. The van der Waals surface area contributed by atoms with Crippen molar-refractivity contribution in [2.75, 3.05) is 23.7 Å². The molecule has 0 aliphatic carbocycles. The van der Waals surface area contributed by atoms with Gasteiger partial charge < -0.3 is 4.90 Å². The molecule has 0 N–H and O–H groups in total. The van der Waals surface area contributed by atoms with Crippen molar-refractivity contribution < 1.29 is 21.6 Å². The zero-order chi connectivity index (χ0) is 24.4. The Labute approximate surface area is 196 Å². The average molecular weight is 491 g/mol. The van der Waals surface area contributed by atoms with E-state index in [0.717, 1.165) is 11.0 Å². The van der Waals surface area contributed by atoms with Crippen LogP contribution in [0.3, 0.4) is 0 Å². The van der Waals surface area contributed by atoms with E-state index in [2.05, 4.69) is 13.8 Å². The van der Waals surface area contributed by atoms with Gasteiger partial charge in [-0.25, -0.2) is 16.8 Å². The molecule has 1 aliphatic heterocycles. The smallest absolute Gasteiger partial charge is 0.258 e. The van der Waals surface area contributed by atoms with Gasteiger partial charge in [0.05, 0.1) is 16.7 Å². The van der Waals surface area contributed by atoms with Crippen molar-refractivity contribution in [1.82, 2.24) is 4.31 Å². The quantitative estimate of drug-likeness (QED) is 0.561. The number of nitrogens with zero attached hydrogens (tertiary/aromatic N) is 2. The second-order valence-corrected chi connectivity index (χ2v) is 12.1. The fourth-order valence-electron chi connectivity index (χ4n) is 3.82. The molecule has 1 heterocycles. The van der Waals surface area contributed by atoms with E-state index in [4.69, 9.17) is 0 Å². The summed E-state index contributed by atoms with van der Waals surface area (Å²) in [4.78, 5) is 15.1. The zero-order valence-corrected chi connectivity index (χ0v) is 20.9. The van der Waals surface area contributed by atoms with Crippen molar-refractivity contribution in [3.05, 3.63) is 71.1 Å². The molecule has 0 saturated carbocycles. The first-order valence-electron chi connectivity index (χ1n) is 10.9. The second kappa shape index (κ2) is 9.79. The van der Waals surface area contributed by atoms with Crippen LogP contribution < -0.4 is 4.90 Å². The number of sulfone groups is 1. The Kier molecular flexibility index (Phi) is 7.45. The Morgan fingerprint density at radius 3 is 2.03 bits per heavy atom. The lowest BCUT2D eigenvalue weighted by Gasteiger charge is -2.28. The molecule has 2 aromatic rings. The summed E-state index contributed by atoms with van der Waals surface area (Å²) in [6.45, 7) is 8.37. The Balaban J connectivity index is 1.97. The van der Waals surface area contributed by atoms with Gasteiger partial charge in [0.1, 0.15) is 0 Å². The van der Waals surface area contributed by atoms with E-state index in [0.29, 0.717) is 24.7 Å². The van der Waals surface area contributed by atoms with Crippen LogP contribution >= 0.6 is 0 Å². The van der Waals surface area contributed by atoms with Crippen LogP contribution in [0.5, 0.6) is 0 Å². The lowest BCUT2D eigenvalue weighted by atomic mass is 10.0. The molecule has 1 aliphatic rings. The van der Waals surface area contributed by atoms with Crippen LogP contribution in [0.25, 0.3) is 0 Å². The molecule has 0 bridgehead atoms. The number of hydrogen-bond donors (Lipinski definition) is 0. The lowest BCUT2D eigenvalue weighted by Crippen LogP contribution is -2.41. The largest absolute Gasteiger partial charge is 0.300 e. The van der Waals surface area contributed by atoms with Crippen molar-refractivity contribution in [3.63, 3.8) is 0 Å². The minimum absolute atomic E-state index is 0.110. The molecule has 1 unspecified atom stereocenters. The minimum atomic E-state index is -3.64. The normalized spacial score (nSPS) is 17.6. The summed E-state index contributed by atoms with van der Waals surface area (Å²) in [6.07, 6.45) is 1.52. The zero-order valence-electron chi connectivity index (χ0n) is 19.3. The summed E-state index contributed by atoms with van der Waals surface area (Å²) in [5.74, 6) is -0.278. The first kappa shape index (κ1) is 25.1. The van der Waals surface area contributed by atoms with Crippen molar-refractivity contribution >= 4 is 31.5 Å². The molecule has 178 valence electrons. The number of benzene rings is 2. The molecule has 0 fully saturated rings. The summed E-state index contributed by atoms with van der Waals surface area (Å²) in [7, 11) is -7.03. The number of carbonyl (C=O) groups excluding carboxylic acids is 1. The van der Waals surface area contributed by atoms with E-state index in [1.165, 1.54) is 39.5 Å². The summed E-state index contributed by atoms with van der Waals surface area (Å²) >= 11 is 0. The van der Waals surface area contributed by atoms with E-state index in [-0.39, 0.29) is 16.2 Å². The van der Waals surface area contributed by atoms with Gasteiger partial charge in [-0.15, -0.1) is 0 Å². The maximum Gasteiger partial charge on any atom is 0.258 e. The SMILES string of the molecule is CCN(CC)S(=O)(=O)c1ccc(C(=O)N(c2ccc(C(C)C)cc2)C2C=CS(=O)(=O)C2)cc1. The van der Waals surface area contributed by atoms with Crippen LogP contribution in [0.4, 0.5) is 5.69 Å². The first-order chi connectivity index (χ1) is 15.5. The summed E-state index contributed by atoms with van der Waals surface area (Å²) in [6, 6.07) is 12.6. The number of anilines is 1. The van der Waals surface area contributed by atoms with Gasteiger partial charge in [0.25, 0.3) is 5.91 Å². The molecule has 1 atom stereocenters. The van der Waals surface area contributed by atoms with Gasteiger partial charge in [-0.05, 0) is 54.0 Å². The van der Waals surface area contributed by atoms with Crippen LogP contribution in [-0.4, -0.2) is 51.9 Å². The molecule has 9 heteroatoms. The van der Waals surface area contributed by atoms with Gasteiger partial charge in [-0.1, -0.05) is 39.8 Å². The van der Waals surface area contributed by atoms with Gasteiger partial charge in [-0.2, -0.15) is 4.31 Å². The van der Waals surface area contributed by atoms with Crippen LogP contribution in [0.15, 0.2) is 64.9 Å². The van der Waals surface area contributed by atoms with Gasteiger partial charge in [0.15, 0.2) is 9.84 Å². The van der Waals surface area contributed by atoms with Crippen molar-refractivity contribution in [2.45, 2.75) is 44.6 Å². The standard InChI is InChI=1S/C24H30N2O5S2/c1-5-25(6-2)33(30,31)23-13-9-20(10-14-23)24(27)26(22-15-16-32(28,29)17-22)21-11-7-19(8-12-21)18(3)4/h7-16,18,22H,5-6,17H2,1-4H3. The minimum Gasteiger partial charge on any atom is -0.300 e. The van der Waals surface area contributed by atoms with Crippen LogP contribution in [0.2, 0.25) is 0 Å². The Morgan fingerprint density at radius 1 is 1.00 bits per heavy atom. The van der Waals surface area contributed by atoms with Crippen molar-refractivity contribution in [3.8, 4) is 0 Å². The highest BCUT2D eigenvalue weighted by Gasteiger charge is 2.32. The highest BCUT2D eigenvalue weighted by molar-refractivity contribution is 7.94. The number of amides is 1. The molecule has 0 aromatic heterocycles. The molecule has 1 amide bonds. The molecule has 0 radical (unpaired) electrons. The molecular weight excluding hydrogens is 460 g/mol. The van der Waals surface area contributed by atoms with E-state index in [9.17, 15) is 21.6 Å².